The maximum Gasteiger partial charge on any atom is 0.417 e. The number of halogens is 1. The van der Waals surface area contributed by atoms with E-state index in [1.165, 1.54) is 4.90 Å². The van der Waals surface area contributed by atoms with Gasteiger partial charge in [0.15, 0.2) is 17.6 Å². The number of alkyl halides is 1. The van der Waals surface area contributed by atoms with Crippen LogP contribution < -0.4 is 9.47 Å². The van der Waals surface area contributed by atoms with Crippen LogP contribution in [0.1, 0.15) is 36.1 Å². The molecule has 1 unspecified atom stereocenters. The summed E-state index contributed by atoms with van der Waals surface area (Å²) in [6.45, 7) is 2.97. The summed E-state index contributed by atoms with van der Waals surface area (Å²) in [5.74, 6) is 1.41. The summed E-state index contributed by atoms with van der Waals surface area (Å²) < 4.78 is 23.2. The van der Waals surface area contributed by atoms with Crippen LogP contribution in [0.3, 0.4) is 0 Å². The van der Waals surface area contributed by atoms with Gasteiger partial charge in [-0.05, 0) is 49.1 Å². The fraction of sp³-hybridized carbons (Fsp3) is 0.296. The topological polar surface area (TPSA) is 91.1 Å². The van der Waals surface area contributed by atoms with Crippen molar-refractivity contribution in [1.82, 2.24) is 9.88 Å². The molecule has 2 heterocycles. The molecule has 0 spiro atoms. The lowest BCUT2D eigenvalue weighted by Crippen LogP contribution is -2.33. The summed E-state index contributed by atoms with van der Waals surface area (Å²) >= 11 is 2.13. The van der Waals surface area contributed by atoms with E-state index in [1.807, 2.05) is 67.6 Å². The first-order valence-electron chi connectivity index (χ1n) is 11.7. The molecular weight excluding hydrogens is 575 g/mol. The van der Waals surface area contributed by atoms with Gasteiger partial charge in [-0.25, -0.2) is 14.7 Å². The lowest BCUT2D eigenvalue weighted by molar-refractivity contribution is -0.129. The van der Waals surface area contributed by atoms with Crippen molar-refractivity contribution in [2.75, 3.05) is 17.6 Å². The van der Waals surface area contributed by atoms with Crippen molar-refractivity contribution >= 4 is 46.7 Å². The van der Waals surface area contributed by atoms with Gasteiger partial charge < -0.3 is 18.6 Å². The Balaban J connectivity index is 1.34. The fourth-order valence-electron chi connectivity index (χ4n) is 3.71. The van der Waals surface area contributed by atoms with Gasteiger partial charge in [-0.2, -0.15) is 0 Å². The third-order valence-corrected chi connectivity index (χ3v) is 5.96. The first-order chi connectivity index (χ1) is 17.6. The van der Waals surface area contributed by atoms with Crippen molar-refractivity contribution < 1.29 is 28.2 Å². The van der Waals surface area contributed by atoms with Gasteiger partial charge >= 0.3 is 6.09 Å². The highest BCUT2D eigenvalue weighted by atomic mass is 127. The van der Waals surface area contributed by atoms with Crippen molar-refractivity contribution in [2.24, 2.45) is 0 Å². The maximum absolute atomic E-state index is 12.4. The zero-order valence-corrected chi connectivity index (χ0v) is 22.1. The number of imide groups is 1. The number of benzene rings is 2. The van der Waals surface area contributed by atoms with E-state index in [0.29, 0.717) is 53.5 Å². The Bertz CT molecular complexity index is 1210. The summed E-state index contributed by atoms with van der Waals surface area (Å²) in [5, 5.41) is 0. The van der Waals surface area contributed by atoms with Gasteiger partial charge in [0.05, 0.1) is 6.61 Å². The zero-order chi connectivity index (χ0) is 25.3. The summed E-state index contributed by atoms with van der Waals surface area (Å²) in [6, 6.07) is 15.6. The molecule has 0 saturated carbocycles. The van der Waals surface area contributed by atoms with Gasteiger partial charge in [-0.1, -0.05) is 59.0 Å². The number of nitrogens with zero attached hydrogens (tertiary/aromatic N) is 2. The first-order valence-corrected chi connectivity index (χ1v) is 13.2. The van der Waals surface area contributed by atoms with Crippen molar-refractivity contribution in [3.8, 4) is 11.5 Å². The van der Waals surface area contributed by atoms with Gasteiger partial charge in [0.1, 0.15) is 18.6 Å². The lowest BCUT2D eigenvalue weighted by atomic mass is 10.1. The van der Waals surface area contributed by atoms with Crippen molar-refractivity contribution in [2.45, 2.75) is 32.5 Å². The largest absolute Gasteiger partial charge is 0.490 e. The van der Waals surface area contributed by atoms with E-state index in [4.69, 9.17) is 18.6 Å². The van der Waals surface area contributed by atoms with Gasteiger partial charge in [-0.15, -0.1) is 0 Å². The number of rotatable bonds is 12. The number of hydrogen-bond donors (Lipinski definition) is 0. The highest BCUT2D eigenvalue weighted by Crippen LogP contribution is 2.30. The molecule has 36 heavy (non-hydrogen) atoms. The van der Waals surface area contributed by atoms with E-state index in [1.54, 1.807) is 6.26 Å². The molecule has 3 aromatic rings. The number of aryl methyl sites for hydroxylation is 1. The molecule has 8 nitrogen and oxygen atoms in total. The molecule has 9 heteroatoms. The minimum Gasteiger partial charge on any atom is -0.490 e. The van der Waals surface area contributed by atoms with E-state index in [9.17, 15) is 9.59 Å². The van der Waals surface area contributed by atoms with Crippen LogP contribution >= 0.6 is 22.6 Å². The zero-order valence-electron chi connectivity index (χ0n) is 19.9. The summed E-state index contributed by atoms with van der Waals surface area (Å²) in [4.78, 5) is 29.9. The summed E-state index contributed by atoms with van der Waals surface area (Å²) in [5.41, 5.74) is 2.67. The molecule has 1 aromatic heterocycles. The summed E-state index contributed by atoms with van der Waals surface area (Å²) in [7, 11) is 0. The monoisotopic (exact) mass is 602 g/mol. The number of aromatic nitrogens is 1. The Morgan fingerprint density at radius 1 is 1.08 bits per heavy atom. The summed E-state index contributed by atoms with van der Waals surface area (Å²) in [6.07, 6.45) is 4.97. The second-order valence-electron chi connectivity index (χ2n) is 8.01. The quantitative estimate of drug-likeness (QED) is 0.199. The van der Waals surface area contributed by atoms with E-state index < -0.39 is 12.2 Å². The standard InChI is InChI=1S/C27H27IN2O6/c1-2-33-24-16-20(9-12-23-26(31)30(15-14-28)27(32)36-23)8-11-22(24)34-17-21-18-35-25(29-21)13-10-19-6-4-3-5-7-19/h3-8,10-11,13,16,18,23H,2,9,12,14-15,17H2,1H3/b13-10+. The Hall–Kier alpha value is -3.34. The Morgan fingerprint density at radius 2 is 1.92 bits per heavy atom. The predicted molar refractivity (Wildman–Crippen MR) is 143 cm³/mol. The third-order valence-electron chi connectivity index (χ3n) is 5.48. The highest BCUT2D eigenvalue weighted by molar-refractivity contribution is 14.1. The minimum absolute atomic E-state index is 0.223. The van der Waals surface area contributed by atoms with Gasteiger partial charge in [0, 0.05) is 17.0 Å². The van der Waals surface area contributed by atoms with Crippen molar-refractivity contribution in [3.63, 3.8) is 0 Å². The smallest absolute Gasteiger partial charge is 0.417 e. The average molecular weight is 602 g/mol. The minimum atomic E-state index is -0.746. The van der Waals surface area contributed by atoms with E-state index in [0.717, 1.165) is 11.1 Å². The number of oxazole rings is 1. The van der Waals surface area contributed by atoms with Crippen molar-refractivity contribution in [3.05, 3.63) is 77.5 Å². The van der Waals surface area contributed by atoms with E-state index >= 15 is 0 Å². The van der Waals surface area contributed by atoms with Crippen LogP contribution in [0.5, 0.6) is 11.5 Å². The van der Waals surface area contributed by atoms with E-state index in [2.05, 4.69) is 27.6 Å². The molecule has 4 rings (SSSR count). The average Bonchev–Trinajstić information content (AvgIpc) is 3.46. The second kappa shape index (κ2) is 12.6. The van der Waals surface area contributed by atoms with Crippen LogP contribution in [-0.4, -0.2) is 45.6 Å². The number of amides is 2. The molecule has 0 bridgehead atoms. The molecule has 188 valence electrons. The van der Waals surface area contributed by atoms with Crippen LogP contribution in [0.15, 0.2) is 59.2 Å². The Morgan fingerprint density at radius 3 is 2.69 bits per heavy atom. The van der Waals surface area contributed by atoms with E-state index in [-0.39, 0.29) is 12.5 Å². The Kier molecular flexibility index (Phi) is 8.99. The van der Waals surface area contributed by atoms with Gasteiger partial charge in [0.25, 0.3) is 5.91 Å². The fourth-order valence-corrected chi connectivity index (χ4v) is 4.19. The number of cyclic esters (lactones) is 1. The highest BCUT2D eigenvalue weighted by Gasteiger charge is 2.39. The molecule has 0 N–H and O–H groups in total. The van der Waals surface area contributed by atoms with Crippen LogP contribution in [0.25, 0.3) is 12.2 Å². The molecule has 1 aliphatic rings. The van der Waals surface area contributed by atoms with Gasteiger partial charge in [-0.3, -0.25) is 4.79 Å². The normalized spacial score (nSPS) is 15.5. The molecule has 2 amide bonds. The molecule has 1 aliphatic heterocycles. The van der Waals surface area contributed by atoms with Crippen LogP contribution in [-0.2, 0) is 22.6 Å². The molecule has 1 atom stereocenters. The van der Waals surface area contributed by atoms with Crippen LogP contribution in [0.4, 0.5) is 4.79 Å². The van der Waals surface area contributed by atoms with Crippen LogP contribution in [0.2, 0.25) is 0 Å². The lowest BCUT2D eigenvalue weighted by Gasteiger charge is -2.13. The van der Waals surface area contributed by atoms with Gasteiger partial charge in [0.2, 0.25) is 5.89 Å². The molecule has 0 aliphatic carbocycles. The Labute approximate surface area is 223 Å². The maximum atomic E-state index is 12.4. The van der Waals surface area contributed by atoms with Crippen molar-refractivity contribution in [1.29, 1.82) is 0 Å². The molecular formula is C27H27IN2O6. The number of ether oxygens (including phenoxy) is 3. The molecule has 2 aromatic carbocycles. The predicted octanol–water partition coefficient (Wildman–Crippen LogP) is 5.54. The van der Waals surface area contributed by atoms with Crippen LogP contribution in [0, 0.1) is 0 Å². The molecule has 1 saturated heterocycles. The number of carbonyl (C=O) groups excluding carboxylic acids is 2. The third kappa shape index (κ3) is 6.66. The SMILES string of the molecule is CCOc1cc(CCC2OC(=O)N(CCI)C2=O)ccc1OCc1coc(/C=C/c2ccccc2)n1. The molecule has 1 fully saturated rings. The number of carbonyl (C=O) groups is 2. The second-order valence-corrected chi connectivity index (χ2v) is 9.09. The first kappa shape index (κ1) is 25.7. The molecule has 0 radical (unpaired) electrons. The number of hydrogen-bond acceptors (Lipinski definition) is 7.